The largest absolute Gasteiger partial charge is 0.454 e. The molecule has 2 aliphatic rings. The molecule has 1 atom stereocenters. The second-order valence-corrected chi connectivity index (χ2v) is 7.57. The first-order valence-corrected chi connectivity index (χ1v) is 9.72. The van der Waals surface area contributed by atoms with E-state index in [2.05, 4.69) is 10.1 Å². The zero-order valence-corrected chi connectivity index (χ0v) is 15.6. The van der Waals surface area contributed by atoms with Crippen LogP contribution in [0, 0.1) is 0 Å². The Morgan fingerprint density at radius 3 is 3.04 bits per heavy atom. The molecule has 4 heterocycles. The number of hydrogen-bond acceptors (Lipinski definition) is 6. The van der Waals surface area contributed by atoms with Gasteiger partial charge in [0.25, 0.3) is 5.91 Å². The Hall–Kier alpha value is -2.87. The maximum Gasteiger partial charge on any atom is 0.273 e. The second-order valence-electron chi connectivity index (χ2n) is 6.71. The van der Waals surface area contributed by atoms with E-state index in [-0.39, 0.29) is 18.7 Å². The normalized spacial score (nSPS) is 18.3. The Labute approximate surface area is 160 Å². The lowest BCUT2D eigenvalue weighted by Gasteiger charge is -2.24. The van der Waals surface area contributed by atoms with Gasteiger partial charge in [0.2, 0.25) is 6.79 Å². The highest BCUT2D eigenvalue weighted by atomic mass is 32.1. The fourth-order valence-electron chi connectivity index (χ4n) is 3.66. The fourth-order valence-corrected chi connectivity index (χ4v) is 4.43. The molecule has 0 saturated carbocycles. The number of fused-ring (bicyclic) bond motifs is 1. The third-order valence-corrected chi connectivity index (χ3v) is 5.86. The van der Waals surface area contributed by atoms with Crippen LogP contribution < -0.4 is 9.47 Å². The number of benzene rings is 1. The van der Waals surface area contributed by atoms with Gasteiger partial charge >= 0.3 is 0 Å². The molecule has 8 heteroatoms. The third-order valence-electron chi connectivity index (χ3n) is 4.97. The lowest BCUT2D eigenvalue weighted by atomic mass is 10.0. The number of aromatic nitrogens is 3. The van der Waals surface area contributed by atoms with Crippen LogP contribution in [0.1, 0.15) is 34.9 Å². The van der Waals surface area contributed by atoms with Crippen LogP contribution in [0.5, 0.6) is 11.5 Å². The van der Waals surface area contributed by atoms with Crippen molar-refractivity contribution < 1.29 is 14.3 Å². The highest BCUT2D eigenvalue weighted by molar-refractivity contribution is 7.13. The van der Waals surface area contributed by atoms with Gasteiger partial charge in [0.15, 0.2) is 11.5 Å². The Morgan fingerprint density at radius 1 is 1.30 bits per heavy atom. The number of rotatable bonds is 3. The average molecular weight is 382 g/mol. The van der Waals surface area contributed by atoms with Crippen LogP contribution in [0.2, 0.25) is 0 Å². The molecular weight excluding hydrogens is 364 g/mol. The molecule has 1 unspecified atom stereocenters. The number of carbonyl (C=O) groups excluding carboxylic acids is 1. The minimum absolute atomic E-state index is 0.0263. The summed E-state index contributed by atoms with van der Waals surface area (Å²) >= 11 is 1.47. The van der Waals surface area contributed by atoms with Crippen molar-refractivity contribution in [2.75, 3.05) is 13.3 Å². The third kappa shape index (κ3) is 2.86. The minimum atomic E-state index is -0.0263. The fraction of sp³-hybridized carbons (Fsp3) is 0.316. The first-order valence-electron chi connectivity index (χ1n) is 8.84. The zero-order chi connectivity index (χ0) is 18.4. The van der Waals surface area contributed by atoms with Crippen molar-refractivity contribution >= 4 is 17.2 Å². The van der Waals surface area contributed by atoms with E-state index in [4.69, 9.17) is 9.47 Å². The van der Waals surface area contributed by atoms with Crippen molar-refractivity contribution in [3.63, 3.8) is 0 Å². The second kappa shape index (κ2) is 6.38. The van der Waals surface area contributed by atoms with Crippen molar-refractivity contribution in [2.24, 2.45) is 7.05 Å². The number of ether oxygens (including phenoxy) is 2. The smallest absolute Gasteiger partial charge is 0.273 e. The zero-order valence-electron chi connectivity index (χ0n) is 14.8. The predicted molar refractivity (Wildman–Crippen MR) is 99.9 cm³/mol. The monoisotopic (exact) mass is 382 g/mol. The number of nitrogens with zero attached hydrogens (tertiary/aromatic N) is 4. The molecule has 0 bridgehead atoms. The standard InChI is InChI=1S/C19H18N4O3S/c1-22-9-13(8-20-22)18-21-14(10-27-18)19(24)23-6-2-3-15(23)12-4-5-16-17(7-12)26-11-25-16/h4-5,7-10,15H,2-3,6,11H2,1H3. The van der Waals surface area contributed by atoms with Crippen molar-refractivity contribution in [3.05, 3.63) is 47.2 Å². The molecule has 5 rings (SSSR count). The van der Waals surface area contributed by atoms with Gasteiger partial charge in [-0.25, -0.2) is 4.98 Å². The van der Waals surface area contributed by atoms with Crippen molar-refractivity contribution in [3.8, 4) is 22.1 Å². The highest BCUT2D eigenvalue weighted by Gasteiger charge is 2.32. The lowest BCUT2D eigenvalue weighted by Crippen LogP contribution is -2.30. The van der Waals surface area contributed by atoms with Crippen LogP contribution in [0.15, 0.2) is 36.0 Å². The predicted octanol–water partition coefficient (Wildman–Crippen LogP) is 3.25. The molecule has 27 heavy (non-hydrogen) atoms. The molecule has 1 amide bonds. The summed E-state index contributed by atoms with van der Waals surface area (Å²) < 4.78 is 12.6. The quantitative estimate of drug-likeness (QED) is 0.695. The molecule has 0 spiro atoms. The molecule has 138 valence electrons. The van der Waals surface area contributed by atoms with Crippen LogP contribution in [-0.4, -0.2) is 38.9 Å². The van der Waals surface area contributed by atoms with Crippen molar-refractivity contribution in [2.45, 2.75) is 18.9 Å². The maximum atomic E-state index is 13.1. The average Bonchev–Trinajstić information content (AvgIpc) is 3.45. The highest BCUT2D eigenvalue weighted by Crippen LogP contribution is 2.39. The first-order chi connectivity index (χ1) is 13.2. The van der Waals surface area contributed by atoms with Crippen LogP contribution in [0.4, 0.5) is 0 Å². The van der Waals surface area contributed by atoms with Gasteiger partial charge < -0.3 is 14.4 Å². The molecular formula is C19H18N4O3S. The molecule has 7 nitrogen and oxygen atoms in total. The van der Waals surface area contributed by atoms with E-state index in [0.717, 1.165) is 47.0 Å². The van der Waals surface area contributed by atoms with Crippen molar-refractivity contribution in [1.29, 1.82) is 0 Å². The van der Waals surface area contributed by atoms with Crippen LogP contribution in [0.3, 0.4) is 0 Å². The molecule has 3 aromatic rings. The number of aryl methyl sites for hydroxylation is 1. The van der Waals surface area contributed by atoms with Crippen LogP contribution >= 0.6 is 11.3 Å². The van der Waals surface area contributed by atoms with Gasteiger partial charge in [0.05, 0.1) is 12.2 Å². The Morgan fingerprint density at radius 2 is 2.19 bits per heavy atom. The summed E-state index contributed by atoms with van der Waals surface area (Å²) in [6.45, 7) is 0.986. The van der Waals surface area contributed by atoms with Gasteiger partial charge in [-0.2, -0.15) is 5.10 Å². The molecule has 1 aromatic carbocycles. The number of hydrogen-bond donors (Lipinski definition) is 0. The summed E-state index contributed by atoms with van der Waals surface area (Å²) in [5, 5.41) is 6.81. The number of amides is 1. The molecule has 2 aliphatic heterocycles. The summed E-state index contributed by atoms with van der Waals surface area (Å²) in [6.07, 6.45) is 5.58. The summed E-state index contributed by atoms with van der Waals surface area (Å²) in [6, 6.07) is 5.96. The van der Waals surface area contributed by atoms with E-state index >= 15 is 0 Å². The Balaban J connectivity index is 1.40. The van der Waals surface area contributed by atoms with E-state index < -0.39 is 0 Å². The summed E-state index contributed by atoms with van der Waals surface area (Å²) in [7, 11) is 1.86. The molecule has 0 N–H and O–H groups in total. The SMILES string of the molecule is Cn1cc(-c2nc(C(=O)N3CCCC3c3ccc4c(c3)OCO4)cs2)cn1. The minimum Gasteiger partial charge on any atom is -0.454 e. The van der Waals surface area contributed by atoms with Gasteiger partial charge in [-0.3, -0.25) is 9.48 Å². The van der Waals surface area contributed by atoms with Crippen LogP contribution in [-0.2, 0) is 7.05 Å². The van der Waals surface area contributed by atoms with Gasteiger partial charge in [0.1, 0.15) is 10.7 Å². The maximum absolute atomic E-state index is 13.1. The van der Waals surface area contributed by atoms with E-state index in [1.54, 1.807) is 10.9 Å². The van der Waals surface area contributed by atoms with Gasteiger partial charge in [-0.05, 0) is 30.5 Å². The Kier molecular flexibility index (Phi) is 3.86. The Bertz CT molecular complexity index is 1010. The first kappa shape index (κ1) is 16.3. The molecule has 2 aromatic heterocycles. The van der Waals surface area contributed by atoms with Crippen LogP contribution in [0.25, 0.3) is 10.6 Å². The van der Waals surface area contributed by atoms with Gasteiger partial charge in [-0.15, -0.1) is 11.3 Å². The van der Waals surface area contributed by atoms with E-state index in [9.17, 15) is 4.79 Å². The van der Waals surface area contributed by atoms with E-state index in [1.807, 2.05) is 41.7 Å². The topological polar surface area (TPSA) is 69.5 Å². The van der Waals surface area contributed by atoms with Gasteiger partial charge in [-0.1, -0.05) is 6.07 Å². The number of likely N-dealkylation sites (tertiary alicyclic amines) is 1. The lowest BCUT2D eigenvalue weighted by molar-refractivity contribution is 0.0730. The van der Waals surface area contributed by atoms with Gasteiger partial charge in [0, 0.05) is 30.7 Å². The molecule has 0 aliphatic carbocycles. The molecule has 0 radical (unpaired) electrons. The summed E-state index contributed by atoms with van der Waals surface area (Å²) in [5.41, 5.74) is 2.50. The van der Waals surface area contributed by atoms with Crippen molar-refractivity contribution in [1.82, 2.24) is 19.7 Å². The summed E-state index contributed by atoms with van der Waals surface area (Å²) in [5.74, 6) is 1.48. The van der Waals surface area contributed by atoms with E-state index in [1.165, 1.54) is 11.3 Å². The number of carbonyl (C=O) groups is 1. The number of thiazole rings is 1. The summed E-state index contributed by atoms with van der Waals surface area (Å²) in [4.78, 5) is 19.6. The molecule has 1 fully saturated rings. The van der Waals surface area contributed by atoms with E-state index in [0.29, 0.717) is 5.69 Å². The molecule has 1 saturated heterocycles.